The van der Waals surface area contributed by atoms with Crippen LogP contribution in [0.1, 0.15) is 13.3 Å². The number of benzene rings is 1. The number of nitrogens with one attached hydrogen (secondary N) is 1. The maximum atomic E-state index is 11.9. The average molecular weight is 276 g/mol. The number of hydrogen-bond acceptors (Lipinski definition) is 3. The van der Waals surface area contributed by atoms with Gasteiger partial charge in [-0.15, -0.1) is 6.58 Å². The number of para-hydroxylation sites is 2. The number of carbonyl (C=O) groups is 2. The molecule has 108 valence electrons. The first-order valence-electron chi connectivity index (χ1n) is 6.37. The minimum atomic E-state index is -0.162. The summed E-state index contributed by atoms with van der Waals surface area (Å²) in [6.45, 7) is 5.87. The van der Waals surface area contributed by atoms with Crippen LogP contribution in [0, 0.1) is 0 Å². The van der Waals surface area contributed by atoms with Crippen molar-refractivity contribution in [1.82, 2.24) is 4.90 Å². The zero-order valence-corrected chi connectivity index (χ0v) is 11.9. The van der Waals surface area contributed by atoms with Gasteiger partial charge in [-0.05, 0) is 12.1 Å². The third-order valence-electron chi connectivity index (χ3n) is 2.78. The van der Waals surface area contributed by atoms with Crippen molar-refractivity contribution in [2.75, 3.05) is 25.5 Å². The lowest BCUT2D eigenvalue weighted by Gasteiger charge is -2.18. The van der Waals surface area contributed by atoms with Gasteiger partial charge in [0.2, 0.25) is 11.8 Å². The summed E-state index contributed by atoms with van der Waals surface area (Å²) in [6.07, 6.45) is 1.87. The van der Waals surface area contributed by atoms with Gasteiger partial charge >= 0.3 is 0 Å². The largest absolute Gasteiger partial charge is 0.495 e. The Balaban J connectivity index is 2.55. The second-order valence-electron chi connectivity index (χ2n) is 4.25. The van der Waals surface area contributed by atoms with Crippen LogP contribution in [0.2, 0.25) is 0 Å². The van der Waals surface area contributed by atoms with Crippen molar-refractivity contribution in [3.8, 4) is 5.75 Å². The minimum Gasteiger partial charge on any atom is -0.495 e. The van der Waals surface area contributed by atoms with E-state index >= 15 is 0 Å². The summed E-state index contributed by atoms with van der Waals surface area (Å²) in [5, 5.41) is 2.77. The molecule has 1 aromatic rings. The first-order valence-corrected chi connectivity index (χ1v) is 6.37. The zero-order chi connectivity index (χ0) is 15.0. The fraction of sp³-hybridized carbons (Fsp3) is 0.333. The summed E-state index contributed by atoms with van der Waals surface area (Å²) < 4.78 is 5.16. The molecule has 0 spiro atoms. The van der Waals surface area contributed by atoms with Crippen LogP contribution in [0.25, 0.3) is 0 Å². The fourth-order valence-corrected chi connectivity index (χ4v) is 1.73. The molecule has 1 N–H and O–H groups in total. The predicted molar refractivity (Wildman–Crippen MR) is 78.7 cm³/mol. The average Bonchev–Trinajstić information content (AvgIpc) is 2.43. The van der Waals surface area contributed by atoms with Crippen LogP contribution in [-0.4, -0.2) is 36.9 Å². The fourth-order valence-electron chi connectivity index (χ4n) is 1.73. The molecule has 5 nitrogen and oxygen atoms in total. The van der Waals surface area contributed by atoms with Gasteiger partial charge in [-0.1, -0.05) is 18.2 Å². The molecule has 2 amide bonds. The Kier molecular flexibility index (Phi) is 6.29. The van der Waals surface area contributed by atoms with E-state index in [1.165, 1.54) is 6.92 Å². The normalized spacial score (nSPS) is 9.70. The lowest BCUT2D eigenvalue weighted by atomic mass is 10.2. The topological polar surface area (TPSA) is 58.6 Å². The molecule has 5 heteroatoms. The number of rotatable bonds is 7. The summed E-state index contributed by atoms with van der Waals surface area (Å²) in [6, 6.07) is 7.19. The number of nitrogens with zero attached hydrogens (tertiary/aromatic N) is 1. The Hall–Kier alpha value is -2.30. The molecule has 0 saturated carbocycles. The Morgan fingerprint density at radius 2 is 2.10 bits per heavy atom. The van der Waals surface area contributed by atoms with Crippen molar-refractivity contribution in [3.63, 3.8) is 0 Å². The molecule has 0 aliphatic carbocycles. The SMILES string of the molecule is C=CCN(CCC(=O)Nc1ccccc1OC)C(C)=O. The molecule has 0 bridgehead atoms. The van der Waals surface area contributed by atoms with Gasteiger partial charge in [0.1, 0.15) is 5.75 Å². The standard InChI is InChI=1S/C15H20N2O3/c1-4-10-17(12(2)18)11-9-15(19)16-13-7-5-6-8-14(13)20-3/h4-8H,1,9-11H2,2-3H3,(H,16,19). The number of amides is 2. The van der Waals surface area contributed by atoms with E-state index in [9.17, 15) is 9.59 Å². The molecule has 1 aromatic carbocycles. The van der Waals surface area contributed by atoms with Crippen molar-refractivity contribution < 1.29 is 14.3 Å². The summed E-state index contributed by atoms with van der Waals surface area (Å²) >= 11 is 0. The Morgan fingerprint density at radius 1 is 1.40 bits per heavy atom. The van der Waals surface area contributed by atoms with E-state index in [0.29, 0.717) is 24.5 Å². The van der Waals surface area contributed by atoms with Crippen LogP contribution in [0.15, 0.2) is 36.9 Å². The molecule has 1 rings (SSSR count). The Labute approximate surface area is 119 Å². The molecule has 0 saturated heterocycles. The van der Waals surface area contributed by atoms with Gasteiger partial charge in [-0.2, -0.15) is 0 Å². The molecule has 0 aliphatic heterocycles. The highest BCUT2D eigenvalue weighted by Crippen LogP contribution is 2.22. The third-order valence-corrected chi connectivity index (χ3v) is 2.78. The minimum absolute atomic E-state index is 0.0741. The van der Waals surface area contributed by atoms with Crippen molar-refractivity contribution in [1.29, 1.82) is 0 Å². The maximum Gasteiger partial charge on any atom is 0.226 e. The molecule has 0 atom stereocenters. The summed E-state index contributed by atoms with van der Waals surface area (Å²) in [5.74, 6) is 0.371. The molecule has 20 heavy (non-hydrogen) atoms. The van der Waals surface area contributed by atoms with Gasteiger partial charge in [-0.25, -0.2) is 0 Å². The number of methoxy groups -OCH3 is 1. The Bertz CT molecular complexity index is 486. The van der Waals surface area contributed by atoms with E-state index in [-0.39, 0.29) is 18.2 Å². The summed E-state index contributed by atoms with van der Waals surface area (Å²) in [7, 11) is 1.55. The van der Waals surface area contributed by atoms with Crippen molar-refractivity contribution in [2.24, 2.45) is 0 Å². The van der Waals surface area contributed by atoms with Gasteiger partial charge in [-0.3, -0.25) is 9.59 Å². The molecular formula is C15H20N2O3. The van der Waals surface area contributed by atoms with Crippen LogP contribution in [0.4, 0.5) is 5.69 Å². The number of carbonyl (C=O) groups excluding carboxylic acids is 2. The second kappa shape index (κ2) is 7.99. The number of anilines is 1. The highest BCUT2D eigenvalue weighted by molar-refractivity contribution is 5.92. The molecule has 0 unspecified atom stereocenters. The molecular weight excluding hydrogens is 256 g/mol. The van der Waals surface area contributed by atoms with Crippen molar-refractivity contribution in [2.45, 2.75) is 13.3 Å². The van der Waals surface area contributed by atoms with E-state index < -0.39 is 0 Å². The van der Waals surface area contributed by atoms with E-state index in [1.807, 2.05) is 12.1 Å². The van der Waals surface area contributed by atoms with Gasteiger partial charge in [0.25, 0.3) is 0 Å². The smallest absolute Gasteiger partial charge is 0.226 e. The highest BCUT2D eigenvalue weighted by Gasteiger charge is 2.11. The van der Waals surface area contributed by atoms with E-state index in [0.717, 1.165) is 0 Å². The lowest BCUT2D eigenvalue weighted by molar-refractivity contribution is -0.128. The monoisotopic (exact) mass is 276 g/mol. The molecule has 0 heterocycles. The van der Waals surface area contributed by atoms with E-state index in [1.54, 1.807) is 30.2 Å². The quantitative estimate of drug-likeness (QED) is 0.775. The van der Waals surface area contributed by atoms with Crippen molar-refractivity contribution >= 4 is 17.5 Å². The summed E-state index contributed by atoms with van der Waals surface area (Å²) in [5.41, 5.74) is 0.623. The summed E-state index contributed by atoms with van der Waals surface area (Å²) in [4.78, 5) is 24.8. The highest BCUT2D eigenvalue weighted by atomic mass is 16.5. The van der Waals surface area contributed by atoms with Crippen LogP contribution in [-0.2, 0) is 9.59 Å². The molecule has 0 aromatic heterocycles. The van der Waals surface area contributed by atoms with Crippen LogP contribution < -0.4 is 10.1 Å². The molecule has 0 radical (unpaired) electrons. The van der Waals surface area contributed by atoms with Gasteiger partial charge in [0.05, 0.1) is 12.8 Å². The number of hydrogen-bond donors (Lipinski definition) is 1. The van der Waals surface area contributed by atoms with Crippen LogP contribution >= 0.6 is 0 Å². The van der Waals surface area contributed by atoms with Crippen LogP contribution in [0.3, 0.4) is 0 Å². The van der Waals surface area contributed by atoms with Gasteiger partial charge in [0, 0.05) is 26.4 Å². The van der Waals surface area contributed by atoms with E-state index in [4.69, 9.17) is 4.74 Å². The predicted octanol–water partition coefficient (Wildman–Crippen LogP) is 2.06. The number of ether oxygens (including phenoxy) is 1. The third kappa shape index (κ3) is 4.76. The van der Waals surface area contributed by atoms with E-state index in [2.05, 4.69) is 11.9 Å². The first kappa shape index (κ1) is 15.8. The van der Waals surface area contributed by atoms with Gasteiger partial charge < -0.3 is 15.0 Å². The molecule has 0 aliphatic rings. The van der Waals surface area contributed by atoms with Crippen molar-refractivity contribution in [3.05, 3.63) is 36.9 Å². The zero-order valence-electron chi connectivity index (χ0n) is 11.9. The van der Waals surface area contributed by atoms with Gasteiger partial charge in [0.15, 0.2) is 0 Å². The molecule has 0 fully saturated rings. The second-order valence-corrected chi connectivity index (χ2v) is 4.25. The van der Waals surface area contributed by atoms with Crippen LogP contribution in [0.5, 0.6) is 5.75 Å². The Morgan fingerprint density at radius 3 is 2.70 bits per heavy atom. The first-order chi connectivity index (χ1) is 9.58. The maximum absolute atomic E-state index is 11.9. The lowest BCUT2D eigenvalue weighted by Crippen LogP contribution is -2.32.